The Kier molecular flexibility index (Phi) is 13.0. The predicted octanol–water partition coefficient (Wildman–Crippen LogP) is 15.3. The molecular formula is C59H78N2O5P2. The second-order valence-corrected chi connectivity index (χ2v) is 28.6. The van der Waals surface area contributed by atoms with E-state index in [0.717, 1.165) is 78.6 Å². The van der Waals surface area contributed by atoms with Gasteiger partial charge in [0, 0.05) is 32.1 Å². The van der Waals surface area contributed by atoms with Gasteiger partial charge in [-0.05, 0) is 139 Å². The number of phenolic OH excluding ortho intramolecular Hbond substituents is 1. The molecule has 68 heavy (non-hydrogen) atoms. The van der Waals surface area contributed by atoms with Gasteiger partial charge in [-0.1, -0.05) is 165 Å². The van der Waals surface area contributed by atoms with E-state index in [-0.39, 0.29) is 27.1 Å². The van der Waals surface area contributed by atoms with E-state index < -0.39 is 17.1 Å². The van der Waals surface area contributed by atoms with E-state index in [2.05, 4.69) is 174 Å². The topological polar surface area (TPSA) is 63.6 Å². The second-order valence-electron chi connectivity index (χ2n) is 25.3. The number of rotatable bonds is 2. The highest BCUT2D eigenvalue weighted by atomic mass is 31.2. The SMILES string of the molecule is CN(C)P1Oc2c3cc(C(C)(C)C)cc2Cc2cc(C(C)(C)C)cc(c2O1)Cc1cc(C(C)(C)C)cc2c1OP(N(C)C)Oc1c(cc(C(C)(C)C)cc1C2)Cc1cc(C(C)(C)C)cc(c1O)C3. The molecule has 6 aliphatic rings. The number of hydrogen-bond acceptors (Lipinski definition) is 7. The van der Waals surface area contributed by atoms with Gasteiger partial charge in [-0.25, -0.2) is 9.34 Å². The van der Waals surface area contributed by atoms with Crippen molar-refractivity contribution in [2.24, 2.45) is 0 Å². The lowest BCUT2D eigenvalue weighted by Crippen LogP contribution is -2.21. The first-order chi connectivity index (χ1) is 31.3. The second kappa shape index (κ2) is 17.6. The van der Waals surface area contributed by atoms with Gasteiger partial charge >= 0.3 is 17.1 Å². The van der Waals surface area contributed by atoms with Crippen LogP contribution >= 0.6 is 17.1 Å². The van der Waals surface area contributed by atoms with Crippen molar-refractivity contribution in [1.29, 1.82) is 0 Å². The fourth-order valence-corrected chi connectivity index (χ4v) is 11.7. The fourth-order valence-electron chi connectivity index (χ4n) is 9.43. The van der Waals surface area contributed by atoms with E-state index in [4.69, 9.17) is 18.1 Å². The Morgan fingerprint density at radius 3 is 0.647 bits per heavy atom. The number of aromatic hydroxyl groups is 1. The highest BCUT2D eigenvalue weighted by molar-refractivity contribution is 7.45. The first-order valence-corrected chi connectivity index (χ1v) is 26.8. The van der Waals surface area contributed by atoms with Crippen molar-refractivity contribution in [3.63, 3.8) is 0 Å². The zero-order chi connectivity index (χ0) is 49.8. The maximum atomic E-state index is 12.8. The molecule has 0 radical (unpaired) electrons. The van der Waals surface area contributed by atoms with Gasteiger partial charge in [-0.2, -0.15) is 0 Å². The molecule has 2 unspecified atom stereocenters. The van der Waals surface area contributed by atoms with E-state index in [1.165, 1.54) is 27.8 Å². The van der Waals surface area contributed by atoms with E-state index in [9.17, 15) is 5.11 Å². The van der Waals surface area contributed by atoms with Crippen LogP contribution in [0.5, 0.6) is 28.7 Å². The molecule has 0 spiro atoms. The molecule has 364 valence electrons. The minimum Gasteiger partial charge on any atom is -0.507 e. The molecular weight excluding hydrogens is 879 g/mol. The van der Waals surface area contributed by atoms with Gasteiger partial charge < -0.3 is 23.2 Å². The normalized spacial score (nSPS) is 17.5. The monoisotopic (exact) mass is 957 g/mol. The Labute approximate surface area is 411 Å². The maximum Gasteiger partial charge on any atom is 0.384 e. The molecule has 11 rings (SSSR count). The zero-order valence-corrected chi connectivity index (χ0v) is 46.5. The van der Waals surface area contributed by atoms with Gasteiger partial charge in [-0.15, -0.1) is 0 Å². The number of benzene rings is 5. The first kappa shape index (κ1) is 50.3. The summed E-state index contributed by atoms with van der Waals surface area (Å²) in [6.07, 6.45) is 2.80. The van der Waals surface area contributed by atoms with Gasteiger partial charge in [0.1, 0.15) is 28.7 Å². The van der Waals surface area contributed by atoms with Gasteiger partial charge in [0.2, 0.25) is 0 Å². The first-order valence-electron chi connectivity index (χ1n) is 24.5. The molecule has 5 aromatic carbocycles. The van der Waals surface area contributed by atoms with Crippen molar-refractivity contribution in [1.82, 2.24) is 9.34 Å². The van der Waals surface area contributed by atoms with Crippen molar-refractivity contribution in [3.8, 4) is 28.7 Å². The van der Waals surface area contributed by atoms with Crippen molar-refractivity contribution >= 4 is 17.1 Å². The Morgan fingerprint density at radius 1 is 0.324 bits per heavy atom. The van der Waals surface area contributed by atoms with Crippen LogP contribution in [-0.2, 0) is 59.2 Å². The van der Waals surface area contributed by atoms with Crippen molar-refractivity contribution < 1.29 is 23.2 Å². The molecule has 14 bridgehead atoms. The minimum atomic E-state index is -1.62. The lowest BCUT2D eigenvalue weighted by Gasteiger charge is -2.34. The van der Waals surface area contributed by atoms with Gasteiger partial charge in [0.25, 0.3) is 0 Å². The summed E-state index contributed by atoms with van der Waals surface area (Å²) in [6.45, 7) is 34.3. The van der Waals surface area contributed by atoms with Crippen molar-refractivity contribution in [2.75, 3.05) is 28.2 Å². The molecule has 0 aromatic heterocycles. The molecule has 1 aliphatic carbocycles. The van der Waals surface area contributed by atoms with Crippen LogP contribution in [0.4, 0.5) is 0 Å². The molecule has 1 N–H and O–H groups in total. The Hall–Kier alpha value is -4.12. The van der Waals surface area contributed by atoms with Crippen LogP contribution < -0.4 is 18.1 Å². The van der Waals surface area contributed by atoms with Crippen LogP contribution in [0, 0.1) is 0 Å². The van der Waals surface area contributed by atoms with Crippen LogP contribution in [0.3, 0.4) is 0 Å². The van der Waals surface area contributed by atoms with Crippen LogP contribution in [0.1, 0.15) is 187 Å². The number of nitrogens with zero attached hydrogens (tertiary/aromatic N) is 2. The van der Waals surface area contributed by atoms with E-state index in [0.29, 0.717) is 37.9 Å². The summed E-state index contributed by atoms with van der Waals surface area (Å²) in [5.74, 6) is 3.73. The third kappa shape index (κ3) is 10.2. The molecule has 5 aromatic rings. The average Bonchev–Trinajstić information content (AvgIpc) is 3.17. The summed E-state index contributed by atoms with van der Waals surface area (Å²) in [6, 6.07) is 23.3. The molecule has 2 atom stereocenters. The van der Waals surface area contributed by atoms with Crippen LogP contribution in [0.25, 0.3) is 0 Å². The number of phenols is 1. The fraction of sp³-hybridized carbons (Fsp3) is 0.492. The summed E-state index contributed by atoms with van der Waals surface area (Å²) in [7, 11) is 4.94. The summed E-state index contributed by atoms with van der Waals surface area (Å²) in [5, 5.41) is 12.8. The van der Waals surface area contributed by atoms with Gasteiger partial charge in [-0.3, -0.25) is 0 Å². The van der Waals surface area contributed by atoms with E-state index in [1.807, 2.05) is 28.2 Å². The molecule has 5 aliphatic heterocycles. The Balaban J connectivity index is 1.55. The van der Waals surface area contributed by atoms with E-state index >= 15 is 0 Å². The maximum absolute atomic E-state index is 12.8. The molecule has 0 saturated heterocycles. The van der Waals surface area contributed by atoms with Gasteiger partial charge in [0.15, 0.2) is 0 Å². The standard InChI is InChI=1S/C59H78N2O5P2/c1-55(2,3)45-25-35-20-37-27-46(56(4,5)6)29-39-22-41-31-48(58(10,11)12)33-43(53(41)65-67(60(16)17)63-51(37)39)24-44-34-49(59(13,14)15)32-42-23-40-30-47(57(7,8)9)28-38(21-36(26-45)50(35)62)52(40)64-68(61(18)19)66-54(42)44/h25-34,62H,20-24H2,1-19H3. The molecule has 0 saturated carbocycles. The zero-order valence-electron chi connectivity index (χ0n) is 44.7. The largest absolute Gasteiger partial charge is 0.507 e. The van der Waals surface area contributed by atoms with Crippen LogP contribution in [0.15, 0.2) is 60.7 Å². The highest BCUT2D eigenvalue weighted by Crippen LogP contribution is 2.55. The van der Waals surface area contributed by atoms with Crippen LogP contribution in [0.2, 0.25) is 0 Å². The van der Waals surface area contributed by atoms with Crippen molar-refractivity contribution in [2.45, 2.75) is 163 Å². The molecule has 0 amide bonds. The lowest BCUT2D eigenvalue weighted by atomic mass is 9.79. The minimum absolute atomic E-state index is 0.144. The Bertz CT molecular complexity index is 2600. The summed E-state index contributed by atoms with van der Waals surface area (Å²) >= 11 is 0. The predicted molar refractivity (Wildman–Crippen MR) is 285 cm³/mol. The van der Waals surface area contributed by atoms with E-state index in [1.54, 1.807) is 0 Å². The lowest BCUT2D eigenvalue weighted by molar-refractivity contribution is 0.404. The summed E-state index contributed by atoms with van der Waals surface area (Å²) in [4.78, 5) is 0. The summed E-state index contributed by atoms with van der Waals surface area (Å²) in [5.41, 5.74) is 16.0. The average molecular weight is 957 g/mol. The summed E-state index contributed by atoms with van der Waals surface area (Å²) < 4.78 is 33.4. The van der Waals surface area contributed by atoms with Crippen LogP contribution in [-0.4, -0.2) is 42.6 Å². The highest BCUT2D eigenvalue weighted by Gasteiger charge is 2.36. The smallest absolute Gasteiger partial charge is 0.384 e. The third-order valence-corrected chi connectivity index (χ3v) is 16.5. The third-order valence-electron chi connectivity index (χ3n) is 13.8. The molecule has 5 heterocycles. The molecule has 9 heteroatoms. The van der Waals surface area contributed by atoms with Gasteiger partial charge in [0.05, 0.1) is 0 Å². The Morgan fingerprint density at radius 2 is 0.485 bits per heavy atom. The quantitative estimate of drug-likeness (QED) is 0.174. The molecule has 7 nitrogen and oxygen atoms in total. The van der Waals surface area contributed by atoms with Crippen molar-refractivity contribution in [3.05, 3.63) is 144 Å². The number of hydrogen-bond donors (Lipinski definition) is 1. The molecule has 0 fully saturated rings.